The third-order valence-corrected chi connectivity index (χ3v) is 10.3. The van der Waals surface area contributed by atoms with Gasteiger partial charge in [0.25, 0.3) is 0 Å². The highest BCUT2D eigenvalue weighted by molar-refractivity contribution is 6.22. The number of aryl methyl sites for hydroxylation is 2. The highest BCUT2D eigenvalue weighted by Gasteiger charge is 2.37. The van der Waals surface area contributed by atoms with E-state index in [9.17, 15) is 14.4 Å². The molecule has 8 rings (SSSR count). The number of carbonyl (C=O) groups excluding carboxylic acids is 3. The molecule has 0 spiro atoms. The van der Waals surface area contributed by atoms with Gasteiger partial charge in [-0.05, 0) is 70.5 Å². The average molecular weight is 715 g/mol. The van der Waals surface area contributed by atoms with Crippen LogP contribution in [-0.2, 0) is 33.8 Å². The Labute approximate surface area is 305 Å². The van der Waals surface area contributed by atoms with Crippen LogP contribution in [0.1, 0.15) is 31.9 Å². The fraction of sp³-hybridized carbons (Fsp3) is 0.262. The van der Waals surface area contributed by atoms with Gasteiger partial charge in [-0.15, -0.1) is 0 Å². The maximum absolute atomic E-state index is 12.6. The number of nitrogens with zero attached hydrogens (tertiary/aromatic N) is 2. The lowest BCUT2D eigenvalue weighted by Gasteiger charge is -2.24. The summed E-state index contributed by atoms with van der Waals surface area (Å²) in [6, 6.07) is 17.7. The number of carbonyl (C=O) groups is 3. The molecule has 270 valence electrons. The van der Waals surface area contributed by atoms with E-state index in [1.165, 1.54) is 21.0 Å². The number of hydrogen-bond acceptors (Lipinski definition) is 9. The van der Waals surface area contributed by atoms with Gasteiger partial charge < -0.3 is 37.9 Å². The summed E-state index contributed by atoms with van der Waals surface area (Å²) in [6.45, 7) is 5.35. The smallest absolute Gasteiger partial charge is 0.308 e. The van der Waals surface area contributed by atoms with Crippen LogP contribution in [-0.4, -0.2) is 62.2 Å². The van der Waals surface area contributed by atoms with E-state index in [-0.39, 0.29) is 11.7 Å². The molecule has 0 fully saturated rings. The number of esters is 2. The van der Waals surface area contributed by atoms with Crippen LogP contribution in [0.5, 0.6) is 40.2 Å². The lowest BCUT2D eigenvalue weighted by molar-refractivity contribution is -0.132. The highest BCUT2D eigenvalue weighted by atomic mass is 16.6. The maximum atomic E-state index is 12.6. The number of benzene rings is 5. The molecule has 11 heteroatoms. The van der Waals surface area contributed by atoms with Crippen LogP contribution >= 0.6 is 0 Å². The maximum Gasteiger partial charge on any atom is 0.308 e. The molecule has 0 N–H and O–H groups in total. The third kappa shape index (κ3) is 5.21. The molecule has 0 bridgehead atoms. The lowest BCUT2D eigenvalue weighted by Crippen LogP contribution is -2.26. The Kier molecular flexibility index (Phi) is 8.16. The van der Waals surface area contributed by atoms with E-state index in [0.717, 1.165) is 66.8 Å². The number of likely N-dealkylation sites (N-methyl/N-ethyl adjacent to an activating group) is 1. The molecule has 2 aliphatic heterocycles. The normalized spacial score (nSPS) is 12.4. The first-order chi connectivity index (χ1) is 25.6. The van der Waals surface area contributed by atoms with Crippen molar-refractivity contribution < 1.29 is 42.8 Å². The van der Waals surface area contributed by atoms with E-state index >= 15 is 0 Å². The quantitative estimate of drug-likeness (QED) is 0.0882. The van der Waals surface area contributed by atoms with E-state index in [1.54, 1.807) is 45.2 Å². The number of hydrogen-bond donors (Lipinski definition) is 0. The first-order valence-corrected chi connectivity index (χ1v) is 17.4. The van der Waals surface area contributed by atoms with Crippen molar-refractivity contribution in [2.24, 2.45) is 0 Å². The molecule has 0 unspecified atom stereocenters. The van der Waals surface area contributed by atoms with Crippen LogP contribution in [0.2, 0.25) is 0 Å². The number of methoxy groups -OCH3 is 3. The standard InChI is InChI=1S/C42H38N2O9/c1-21(45)43(4)18-17-27-33-26(9-8-24-10-13-30(48-5)40(34(24)33)51-22(2)46)20-29-36(27)37-28-12-15-32(50-7)42(52-23(3)47)39(28)53-41-31(49-6)14-11-25-16-19-44(29)38(37)35(25)41/h8-15,20H,16-19H2,1-7H3. The highest BCUT2D eigenvalue weighted by Crippen LogP contribution is 2.60. The third-order valence-electron chi connectivity index (χ3n) is 10.3. The van der Waals surface area contributed by atoms with Gasteiger partial charge in [0.15, 0.2) is 34.5 Å². The van der Waals surface area contributed by atoms with Crippen molar-refractivity contribution in [3.63, 3.8) is 0 Å². The van der Waals surface area contributed by atoms with Gasteiger partial charge in [-0.2, -0.15) is 0 Å². The van der Waals surface area contributed by atoms with Crippen LogP contribution < -0.4 is 28.4 Å². The largest absolute Gasteiger partial charge is 0.493 e. The number of aromatic nitrogens is 1. The SMILES string of the molecule is COc1ccc2c(c1OC(C)=O)Oc1c(OC)ccc3c1-c1c-2c2c(CCN(C)C(C)=O)c4c(ccc5ccc(OC)c(OC(C)=O)c54)cc2n1CC3. The van der Waals surface area contributed by atoms with Crippen LogP contribution in [0.4, 0.5) is 0 Å². The zero-order valence-electron chi connectivity index (χ0n) is 30.6. The van der Waals surface area contributed by atoms with Gasteiger partial charge in [-0.3, -0.25) is 14.4 Å². The molecule has 0 radical (unpaired) electrons. The first-order valence-electron chi connectivity index (χ1n) is 17.4. The molecule has 1 aromatic heterocycles. The lowest BCUT2D eigenvalue weighted by atomic mass is 9.88. The molecule has 1 amide bonds. The first kappa shape index (κ1) is 33.9. The Hall–Kier alpha value is -6.23. The summed E-state index contributed by atoms with van der Waals surface area (Å²) < 4.78 is 38.3. The van der Waals surface area contributed by atoms with Crippen molar-refractivity contribution >= 4 is 50.3 Å². The molecule has 11 nitrogen and oxygen atoms in total. The minimum Gasteiger partial charge on any atom is -0.493 e. The number of amides is 1. The van der Waals surface area contributed by atoms with E-state index in [1.807, 2.05) is 24.3 Å². The van der Waals surface area contributed by atoms with Gasteiger partial charge >= 0.3 is 11.9 Å². The van der Waals surface area contributed by atoms with Gasteiger partial charge in [-0.25, -0.2) is 0 Å². The minimum atomic E-state index is -0.533. The zero-order valence-corrected chi connectivity index (χ0v) is 30.6. The van der Waals surface area contributed by atoms with Gasteiger partial charge in [0.05, 0.1) is 32.5 Å². The van der Waals surface area contributed by atoms with Gasteiger partial charge in [-0.1, -0.05) is 24.3 Å². The second kappa shape index (κ2) is 12.8. The van der Waals surface area contributed by atoms with Crippen molar-refractivity contribution in [2.45, 2.75) is 40.2 Å². The van der Waals surface area contributed by atoms with Crippen molar-refractivity contribution in [3.05, 3.63) is 65.7 Å². The van der Waals surface area contributed by atoms with Crippen LogP contribution in [0, 0.1) is 0 Å². The average Bonchev–Trinajstić information content (AvgIpc) is 3.38. The zero-order chi connectivity index (χ0) is 37.3. The molecule has 53 heavy (non-hydrogen) atoms. The molecule has 5 aromatic carbocycles. The van der Waals surface area contributed by atoms with Crippen LogP contribution in [0.25, 0.3) is 54.8 Å². The summed E-state index contributed by atoms with van der Waals surface area (Å²) in [6.07, 6.45) is 1.19. The van der Waals surface area contributed by atoms with E-state index < -0.39 is 11.9 Å². The van der Waals surface area contributed by atoms with Crippen molar-refractivity contribution in [1.82, 2.24) is 9.47 Å². The van der Waals surface area contributed by atoms with Crippen molar-refractivity contribution in [1.29, 1.82) is 0 Å². The fourth-order valence-electron chi connectivity index (χ4n) is 7.95. The second-order valence-corrected chi connectivity index (χ2v) is 13.3. The summed E-state index contributed by atoms with van der Waals surface area (Å²) in [5, 5.41) is 4.31. The van der Waals surface area contributed by atoms with Gasteiger partial charge in [0.1, 0.15) is 0 Å². The number of fused-ring (bicyclic) bond motifs is 8. The molecular formula is C42H38N2O9. The Morgan fingerprint density at radius 2 is 1.38 bits per heavy atom. The predicted molar refractivity (Wildman–Crippen MR) is 201 cm³/mol. The van der Waals surface area contributed by atoms with Crippen molar-refractivity contribution in [2.75, 3.05) is 34.9 Å². The Bertz CT molecular complexity index is 2570. The molecule has 0 aliphatic carbocycles. The predicted octanol–water partition coefficient (Wildman–Crippen LogP) is 7.84. The molecular weight excluding hydrogens is 676 g/mol. The summed E-state index contributed by atoms with van der Waals surface area (Å²) >= 11 is 0. The summed E-state index contributed by atoms with van der Waals surface area (Å²) in [4.78, 5) is 39.5. The molecule has 0 atom stereocenters. The van der Waals surface area contributed by atoms with Gasteiger partial charge in [0, 0.05) is 68.4 Å². The Balaban J connectivity index is 1.62. The monoisotopic (exact) mass is 714 g/mol. The molecule has 0 saturated heterocycles. The molecule has 2 aliphatic rings. The van der Waals surface area contributed by atoms with Gasteiger partial charge in [0.2, 0.25) is 11.7 Å². The number of ether oxygens (including phenoxy) is 6. The van der Waals surface area contributed by atoms with E-state index in [4.69, 9.17) is 28.4 Å². The summed E-state index contributed by atoms with van der Waals surface area (Å²) in [5.74, 6) is 1.48. The molecule has 6 aromatic rings. The number of rotatable bonds is 8. The second-order valence-electron chi connectivity index (χ2n) is 13.3. The Morgan fingerprint density at radius 3 is 2.08 bits per heavy atom. The molecule has 3 heterocycles. The summed E-state index contributed by atoms with van der Waals surface area (Å²) in [5.41, 5.74) is 6.39. The van der Waals surface area contributed by atoms with E-state index in [2.05, 4.69) is 22.8 Å². The van der Waals surface area contributed by atoms with E-state index in [0.29, 0.717) is 59.6 Å². The molecule has 0 saturated carbocycles. The minimum absolute atomic E-state index is 0.0644. The summed E-state index contributed by atoms with van der Waals surface area (Å²) in [7, 11) is 6.44. The van der Waals surface area contributed by atoms with Crippen LogP contribution in [0.15, 0.2) is 54.6 Å². The van der Waals surface area contributed by atoms with Crippen LogP contribution in [0.3, 0.4) is 0 Å². The fourth-order valence-corrected chi connectivity index (χ4v) is 7.95. The Morgan fingerprint density at radius 1 is 0.736 bits per heavy atom. The topological polar surface area (TPSA) is 115 Å². The van der Waals surface area contributed by atoms with Crippen molar-refractivity contribution in [3.8, 4) is 62.6 Å².